The van der Waals surface area contributed by atoms with Gasteiger partial charge in [0, 0.05) is 76.2 Å². The third kappa shape index (κ3) is 17.0. The molecule has 3 rings (SSSR count). The number of carbonyl (C=O) groups is 11. The summed E-state index contributed by atoms with van der Waals surface area (Å²) in [5.74, 6) is -10.7. The summed E-state index contributed by atoms with van der Waals surface area (Å²) in [4.78, 5) is 137. The number of ether oxygens (including phenoxy) is 16. The standard InChI is InChI=1S/C40H54O27/c1-15(41)52-12-26-29(55-18(4)44)32(56-19(5)45)36(60-23(9)49)39(64-26)67-31-28(14-54-17(3)43)65-40(37(61-24(10)50)34(31)58-21(7)47)66-30-27(13-53-16(2)42)63-38(62-25(11)51)35(59-22(8)48)33(30)57-20(6)46/h26-40H,12-14H2,1-11H3/t26-,27-,28-,29+,30+,31+,32+,33+,34+,35-,36-,37-,38?,39-,40-/m1/s1. The molecule has 67 heavy (non-hydrogen) atoms. The first-order chi connectivity index (χ1) is 31.3. The molecule has 1 unspecified atom stereocenters. The van der Waals surface area contributed by atoms with Crippen LogP contribution < -0.4 is 0 Å². The van der Waals surface area contributed by atoms with Gasteiger partial charge >= 0.3 is 65.7 Å². The van der Waals surface area contributed by atoms with Crippen LogP contribution >= 0.6 is 0 Å². The van der Waals surface area contributed by atoms with Gasteiger partial charge < -0.3 is 75.8 Å². The Bertz CT molecular complexity index is 1850. The van der Waals surface area contributed by atoms with Crippen molar-refractivity contribution in [3.8, 4) is 0 Å². The minimum Gasteiger partial charge on any atom is -0.463 e. The lowest BCUT2D eigenvalue weighted by molar-refractivity contribution is -0.378. The maximum Gasteiger partial charge on any atom is 0.305 e. The highest BCUT2D eigenvalue weighted by Crippen LogP contribution is 2.38. The fourth-order valence-electron chi connectivity index (χ4n) is 7.01. The molecule has 0 saturated carbocycles. The van der Waals surface area contributed by atoms with Gasteiger partial charge in [0.05, 0.1) is 0 Å². The van der Waals surface area contributed by atoms with Gasteiger partial charge in [0.2, 0.25) is 12.4 Å². The van der Waals surface area contributed by atoms with Crippen molar-refractivity contribution in [3.05, 3.63) is 0 Å². The molecule has 0 bridgehead atoms. The Labute approximate surface area is 382 Å². The second-order valence-corrected chi connectivity index (χ2v) is 14.9. The van der Waals surface area contributed by atoms with Gasteiger partial charge in [0.1, 0.15) is 50.3 Å². The van der Waals surface area contributed by atoms with Gasteiger partial charge in [-0.1, -0.05) is 0 Å². The molecule has 3 aliphatic heterocycles. The van der Waals surface area contributed by atoms with E-state index in [9.17, 15) is 52.7 Å². The van der Waals surface area contributed by atoms with E-state index < -0.39 is 178 Å². The van der Waals surface area contributed by atoms with Crippen LogP contribution in [0.3, 0.4) is 0 Å². The van der Waals surface area contributed by atoms with Crippen LogP contribution in [0.5, 0.6) is 0 Å². The molecule has 0 radical (unpaired) electrons. The highest BCUT2D eigenvalue weighted by Gasteiger charge is 2.60. The summed E-state index contributed by atoms with van der Waals surface area (Å²) in [6.07, 6.45) is -27.3. The van der Waals surface area contributed by atoms with E-state index in [0.29, 0.717) is 0 Å². The van der Waals surface area contributed by atoms with Gasteiger partial charge in [-0.2, -0.15) is 0 Å². The summed E-state index contributed by atoms with van der Waals surface area (Å²) < 4.78 is 90.4. The summed E-state index contributed by atoms with van der Waals surface area (Å²) in [6.45, 7) is 8.53. The van der Waals surface area contributed by atoms with Crippen LogP contribution in [0.1, 0.15) is 76.2 Å². The maximum atomic E-state index is 13.0. The summed E-state index contributed by atoms with van der Waals surface area (Å²) in [5.41, 5.74) is 0. The second kappa shape index (κ2) is 25.2. The zero-order valence-corrected chi connectivity index (χ0v) is 38.3. The average Bonchev–Trinajstić information content (AvgIpc) is 3.17. The smallest absolute Gasteiger partial charge is 0.305 e. The molecule has 27 heteroatoms. The molecular formula is C40H54O27. The number of hydrogen-bond donors (Lipinski definition) is 0. The molecule has 3 aliphatic rings. The molecule has 0 amide bonds. The Kier molecular flexibility index (Phi) is 20.8. The lowest BCUT2D eigenvalue weighted by Crippen LogP contribution is -2.69. The lowest BCUT2D eigenvalue weighted by Gasteiger charge is -2.50. The van der Waals surface area contributed by atoms with Crippen LogP contribution in [-0.4, -0.2) is 178 Å². The normalized spacial score (nSPS) is 31.2. The van der Waals surface area contributed by atoms with Gasteiger partial charge in [0.25, 0.3) is 0 Å². The number of esters is 11. The van der Waals surface area contributed by atoms with Crippen LogP contribution in [0.4, 0.5) is 0 Å². The zero-order valence-electron chi connectivity index (χ0n) is 38.3. The molecule has 27 nitrogen and oxygen atoms in total. The third-order valence-corrected chi connectivity index (χ3v) is 9.11. The van der Waals surface area contributed by atoms with Crippen LogP contribution in [0, 0.1) is 0 Å². The van der Waals surface area contributed by atoms with Crippen molar-refractivity contribution in [2.45, 2.75) is 168 Å². The first-order valence-electron chi connectivity index (χ1n) is 20.3. The average molecular weight is 967 g/mol. The van der Waals surface area contributed by atoms with Crippen molar-refractivity contribution in [1.29, 1.82) is 0 Å². The first kappa shape index (κ1) is 55.3. The van der Waals surface area contributed by atoms with Gasteiger partial charge in [-0.15, -0.1) is 0 Å². The minimum absolute atomic E-state index is 0.691. The van der Waals surface area contributed by atoms with Crippen molar-refractivity contribution in [2.75, 3.05) is 19.8 Å². The Balaban J connectivity index is 2.31. The van der Waals surface area contributed by atoms with Crippen LogP contribution in [0.15, 0.2) is 0 Å². The Morgan fingerprint density at radius 2 is 0.493 bits per heavy atom. The topological polar surface area (TPSA) is 335 Å². The van der Waals surface area contributed by atoms with Crippen molar-refractivity contribution in [3.63, 3.8) is 0 Å². The molecule has 0 aromatic rings. The fraction of sp³-hybridized carbons (Fsp3) is 0.725. The summed E-state index contributed by atoms with van der Waals surface area (Å²) in [6, 6.07) is 0. The van der Waals surface area contributed by atoms with E-state index in [4.69, 9.17) is 75.8 Å². The Morgan fingerprint density at radius 3 is 0.776 bits per heavy atom. The van der Waals surface area contributed by atoms with E-state index in [0.717, 1.165) is 76.2 Å². The monoisotopic (exact) mass is 966 g/mol. The van der Waals surface area contributed by atoms with Crippen LogP contribution in [0.25, 0.3) is 0 Å². The Hall–Kier alpha value is -6.03. The second-order valence-electron chi connectivity index (χ2n) is 14.9. The van der Waals surface area contributed by atoms with E-state index in [1.54, 1.807) is 0 Å². The number of hydrogen-bond acceptors (Lipinski definition) is 27. The number of rotatable bonds is 18. The van der Waals surface area contributed by atoms with E-state index in [-0.39, 0.29) is 0 Å². The molecule has 0 spiro atoms. The van der Waals surface area contributed by atoms with Gasteiger partial charge in [-0.3, -0.25) is 52.7 Å². The van der Waals surface area contributed by atoms with Gasteiger partial charge in [0.15, 0.2) is 49.2 Å². The molecule has 3 heterocycles. The van der Waals surface area contributed by atoms with Crippen LogP contribution in [0.2, 0.25) is 0 Å². The molecule has 15 atom stereocenters. The molecule has 0 aromatic carbocycles. The largest absolute Gasteiger partial charge is 0.463 e. The summed E-state index contributed by atoms with van der Waals surface area (Å²) in [5, 5.41) is 0. The van der Waals surface area contributed by atoms with Crippen molar-refractivity contribution in [1.82, 2.24) is 0 Å². The molecule has 0 aromatic heterocycles. The molecule has 0 N–H and O–H groups in total. The number of carbonyl (C=O) groups excluding carboxylic acids is 11. The highest BCUT2D eigenvalue weighted by atomic mass is 16.8. The molecule has 0 aliphatic carbocycles. The highest BCUT2D eigenvalue weighted by molar-refractivity contribution is 5.70. The van der Waals surface area contributed by atoms with E-state index >= 15 is 0 Å². The van der Waals surface area contributed by atoms with Crippen molar-refractivity contribution >= 4 is 65.7 Å². The molecule has 3 saturated heterocycles. The van der Waals surface area contributed by atoms with Gasteiger partial charge in [-0.05, 0) is 0 Å². The fourth-order valence-corrected chi connectivity index (χ4v) is 7.01. The van der Waals surface area contributed by atoms with Crippen LogP contribution in [-0.2, 0) is 129 Å². The first-order valence-corrected chi connectivity index (χ1v) is 20.3. The predicted molar refractivity (Wildman–Crippen MR) is 206 cm³/mol. The molecular weight excluding hydrogens is 912 g/mol. The zero-order chi connectivity index (χ0) is 50.4. The quantitative estimate of drug-likeness (QED) is 0.114. The summed E-state index contributed by atoms with van der Waals surface area (Å²) >= 11 is 0. The third-order valence-electron chi connectivity index (χ3n) is 9.11. The summed E-state index contributed by atoms with van der Waals surface area (Å²) in [7, 11) is 0. The van der Waals surface area contributed by atoms with Gasteiger partial charge in [-0.25, -0.2) is 0 Å². The van der Waals surface area contributed by atoms with E-state index in [2.05, 4.69) is 0 Å². The molecule has 376 valence electrons. The molecule has 3 fully saturated rings. The SMILES string of the molecule is CC(=O)OC[C@H]1O[C@H](O[C@@H]2[C@H](OC(C)=O)[C@@H](OC(C)=O)[C@@H](O[C@@H]3[C@H](OC(C)=O)[C@@H](OC(C)=O)C(OC(C)=O)O[C@@H]3COC(C)=O)O[C@@H]2COC(C)=O)[C@H](OC(C)=O)[C@@H](OC(C)=O)[C@H]1OC(C)=O. The lowest BCUT2D eigenvalue weighted by atomic mass is 9.95. The minimum atomic E-state index is -2.06. The van der Waals surface area contributed by atoms with E-state index in [1.807, 2.05) is 0 Å². The Morgan fingerprint density at radius 1 is 0.269 bits per heavy atom. The maximum absolute atomic E-state index is 13.0. The van der Waals surface area contributed by atoms with Crippen molar-refractivity contribution in [2.24, 2.45) is 0 Å². The predicted octanol–water partition coefficient (Wildman–Crippen LogP) is -1.29. The van der Waals surface area contributed by atoms with Crippen molar-refractivity contribution < 1.29 is 129 Å². The van der Waals surface area contributed by atoms with E-state index in [1.165, 1.54) is 0 Å².